The van der Waals surface area contributed by atoms with Gasteiger partial charge in [-0.05, 0) is 6.07 Å². The van der Waals surface area contributed by atoms with E-state index in [0.717, 1.165) is 6.07 Å². The summed E-state index contributed by atoms with van der Waals surface area (Å²) in [6.07, 6.45) is 0.714. The maximum atomic E-state index is 12.6. The standard InChI is InChI=1S/C7H7FN2O2/c1-12-7(11)6-2-5(9)4(8)3-10-6/h2-3H,1H3,(H2,9,10)/i1D3. The third-order valence-corrected chi connectivity index (χ3v) is 1.19. The van der Waals surface area contributed by atoms with Crippen LogP contribution in [0.5, 0.6) is 0 Å². The zero-order valence-electron chi connectivity index (χ0n) is 8.87. The number of pyridine rings is 1. The van der Waals surface area contributed by atoms with Crippen LogP contribution in [0.3, 0.4) is 0 Å². The van der Waals surface area contributed by atoms with E-state index in [2.05, 4.69) is 9.72 Å². The SMILES string of the molecule is [2H]C([2H])([2H])OC(=O)c1cc(N)c(F)cn1. The summed E-state index contributed by atoms with van der Waals surface area (Å²) in [7, 11) is -2.86. The fourth-order valence-electron chi connectivity index (χ4n) is 0.618. The summed E-state index contributed by atoms with van der Waals surface area (Å²) < 4.78 is 36.7. The Morgan fingerprint density at radius 3 is 3.25 bits per heavy atom. The minimum absolute atomic E-state index is 0.303. The highest BCUT2D eigenvalue weighted by molar-refractivity contribution is 5.87. The summed E-state index contributed by atoms with van der Waals surface area (Å²) >= 11 is 0. The largest absolute Gasteiger partial charge is 0.464 e. The number of nitrogens with two attached hydrogens (primary N) is 1. The Morgan fingerprint density at radius 2 is 2.67 bits per heavy atom. The molecule has 0 amide bonds. The summed E-state index contributed by atoms with van der Waals surface area (Å²) in [5.74, 6) is -1.97. The molecule has 1 rings (SSSR count). The number of esters is 1. The highest BCUT2D eigenvalue weighted by Crippen LogP contribution is 2.09. The predicted molar refractivity (Wildman–Crippen MR) is 39.9 cm³/mol. The topological polar surface area (TPSA) is 65.2 Å². The molecule has 1 heterocycles. The zero-order chi connectivity index (χ0) is 11.6. The van der Waals surface area contributed by atoms with Crippen molar-refractivity contribution in [2.24, 2.45) is 0 Å². The molecule has 0 atom stereocenters. The maximum Gasteiger partial charge on any atom is 0.356 e. The van der Waals surface area contributed by atoms with Crippen molar-refractivity contribution in [3.63, 3.8) is 0 Å². The molecule has 0 aliphatic rings. The van der Waals surface area contributed by atoms with Crippen LogP contribution in [0.15, 0.2) is 12.3 Å². The van der Waals surface area contributed by atoms with Gasteiger partial charge in [-0.3, -0.25) is 0 Å². The summed E-state index contributed by atoms with van der Waals surface area (Å²) in [4.78, 5) is 14.4. The quantitative estimate of drug-likeness (QED) is 0.631. The molecular formula is C7H7FN2O2. The number of halogens is 1. The molecule has 0 saturated carbocycles. The van der Waals surface area contributed by atoms with Crippen molar-refractivity contribution >= 4 is 11.7 Å². The molecule has 0 saturated heterocycles. The second-order valence-corrected chi connectivity index (χ2v) is 1.98. The molecule has 0 radical (unpaired) electrons. The lowest BCUT2D eigenvalue weighted by Gasteiger charge is -1.99. The Balaban J connectivity index is 2.88. The first-order valence-corrected chi connectivity index (χ1v) is 2.94. The van der Waals surface area contributed by atoms with Gasteiger partial charge in [-0.25, -0.2) is 14.2 Å². The molecule has 0 spiro atoms. The number of nitrogen functional groups attached to an aromatic ring is 1. The van der Waals surface area contributed by atoms with Crippen molar-refractivity contribution in [1.82, 2.24) is 4.98 Å². The van der Waals surface area contributed by atoms with Crippen LogP contribution in [0.25, 0.3) is 0 Å². The normalized spacial score (nSPS) is 14.2. The first-order chi connectivity index (χ1) is 6.79. The Hall–Kier alpha value is -1.65. The van der Waals surface area contributed by atoms with Crippen molar-refractivity contribution in [2.45, 2.75) is 0 Å². The van der Waals surface area contributed by atoms with E-state index in [0.29, 0.717) is 6.20 Å². The molecule has 12 heavy (non-hydrogen) atoms. The zero-order valence-corrected chi connectivity index (χ0v) is 5.87. The second-order valence-electron chi connectivity index (χ2n) is 1.98. The summed E-state index contributed by atoms with van der Waals surface area (Å²) in [5, 5.41) is 0. The van der Waals surface area contributed by atoms with Crippen LogP contribution in [0, 0.1) is 5.82 Å². The fourth-order valence-corrected chi connectivity index (χ4v) is 0.618. The number of rotatable bonds is 1. The van der Waals surface area contributed by atoms with Crippen LogP contribution in [0.4, 0.5) is 10.1 Å². The van der Waals surface area contributed by atoms with Gasteiger partial charge in [0.1, 0.15) is 0 Å². The van der Waals surface area contributed by atoms with E-state index in [9.17, 15) is 9.18 Å². The van der Waals surface area contributed by atoms with E-state index in [1.807, 2.05) is 0 Å². The second kappa shape index (κ2) is 3.17. The molecule has 0 aromatic carbocycles. The number of ether oxygens (including phenoxy) is 1. The summed E-state index contributed by atoms with van der Waals surface area (Å²) in [6, 6.07) is 0.906. The fraction of sp³-hybridized carbons (Fsp3) is 0.143. The molecule has 0 bridgehead atoms. The van der Waals surface area contributed by atoms with E-state index in [1.165, 1.54) is 0 Å². The molecule has 4 nitrogen and oxygen atoms in total. The van der Waals surface area contributed by atoms with Gasteiger partial charge in [-0.1, -0.05) is 0 Å². The smallest absolute Gasteiger partial charge is 0.356 e. The number of aromatic nitrogens is 1. The van der Waals surface area contributed by atoms with Gasteiger partial charge in [0.15, 0.2) is 11.5 Å². The average molecular weight is 173 g/mol. The van der Waals surface area contributed by atoms with Crippen molar-refractivity contribution in [2.75, 3.05) is 12.8 Å². The summed E-state index contributed by atoms with van der Waals surface area (Å²) in [5.41, 5.74) is 4.50. The minimum atomic E-state index is -2.86. The highest BCUT2D eigenvalue weighted by atomic mass is 19.1. The van der Waals surface area contributed by atoms with Crippen molar-refractivity contribution < 1.29 is 18.0 Å². The third-order valence-electron chi connectivity index (χ3n) is 1.19. The van der Waals surface area contributed by atoms with E-state index in [1.54, 1.807) is 0 Å². The van der Waals surface area contributed by atoms with Crippen LogP contribution in [-0.4, -0.2) is 18.0 Å². The predicted octanol–water partition coefficient (Wildman–Crippen LogP) is 0.590. The number of anilines is 1. The number of methoxy groups -OCH3 is 1. The van der Waals surface area contributed by atoms with E-state index in [4.69, 9.17) is 9.85 Å². The van der Waals surface area contributed by atoms with Crippen LogP contribution in [-0.2, 0) is 4.74 Å². The lowest BCUT2D eigenvalue weighted by Crippen LogP contribution is -2.05. The molecule has 0 aliphatic carbocycles. The first kappa shape index (κ1) is 5.08. The van der Waals surface area contributed by atoms with Gasteiger partial charge in [0.2, 0.25) is 0 Å². The molecule has 64 valence electrons. The van der Waals surface area contributed by atoms with Gasteiger partial charge >= 0.3 is 5.97 Å². The molecule has 5 heteroatoms. The molecule has 1 aromatic rings. The van der Waals surface area contributed by atoms with Gasteiger partial charge in [-0.2, -0.15) is 0 Å². The van der Waals surface area contributed by atoms with Gasteiger partial charge in [-0.15, -0.1) is 0 Å². The van der Waals surface area contributed by atoms with Crippen molar-refractivity contribution in [1.29, 1.82) is 0 Å². The molecule has 0 aliphatic heterocycles. The van der Waals surface area contributed by atoms with Crippen LogP contribution in [0.2, 0.25) is 0 Å². The van der Waals surface area contributed by atoms with Gasteiger partial charge in [0.25, 0.3) is 0 Å². The highest BCUT2D eigenvalue weighted by Gasteiger charge is 2.08. The molecule has 0 unspecified atom stereocenters. The number of hydrogen-bond donors (Lipinski definition) is 1. The number of hydrogen-bond acceptors (Lipinski definition) is 4. The molecular weight excluding hydrogens is 163 g/mol. The van der Waals surface area contributed by atoms with Crippen LogP contribution >= 0.6 is 0 Å². The minimum Gasteiger partial charge on any atom is -0.464 e. The number of nitrogens with zero attached hydrogens (tertiary/aromatic N) is 1. The van der Waals surface area contributed by atoms with Gasteiger partial charge in [0.05, 0.1) is 23.0 Å². The molecule has 2 N–H and O–H groups in total. The Bertz CT molecular complexity index is 394. The average Bonchev–Trinajstić information content (AvgIpc) is 2.06. The monoisotopic (exact) mass is 173 g/mol. The lowest BCUT2D eigenvalue weighted by atomic mass is 10.3. The molecule has 1 aromatic heterocycles. The van der Waals surface area contributed by atoms with Crippen molar-refractivity contribution in [3.05, 3.63) is 23.8 Å². The van der Waals surface area contributed by atoms with Crippen LogP contribution < -0.4 is 5.73 Å². The Morgan fingerprint density at radius 1 is 1.92 bits per heavy atom. The van der Waals surface area contributed by atoms with E-state index >= 15 is 0 Å². The first-order valence-electron chi connectivity index (χ1n) is 4.44. The Labute approximate surface area is 72.4 Å². The van der Waals surface area contributed by atoms with Crippen molar-refractivity contribution in [3.8, 4) is 0 Å². The maximum absolute atomic E-state index is 12.6. The lowest BCUT2D eigenvalue weighted by molar-refractivity contribution is 0.0594. The van der Waals surface area contributed by atoms with Crippen LogP contribution in [0.1, 0.15) is 14.6 Å². The van der Waals surface area contributed by atoms with Gasteiger partial charge in [0, 0.05) is 0 Å². The van der Waals surface area contributed by atoms with E-state index < -0.39 is 18.8 Å². The number of carbonyl (C=O) groups excluding carboxylic acids is 1. The van der Waals surface area contributed by atoms with Gasteiger partial charge < -0.3 is 10.5 Å². The summed E-state index contributed by atoms with van der Waals surface area (Å²) in [6.45, 7) is 0. The Kier molecular flexibility index (Phi) is 1.34. The number of carbonyl (C=O) groups is 1. The molecule has 0 fully saturated rings. The third kappa shape index (κ3) is 1.50. The van der Waals surface area contributed by atoms with E-state index in [-0.39, 0.29) is 11.4 Å².